The summed E-state index contributed by atoms with van der Waals surface area (Å²) in [7, 11) is 1.60. The highest BCUT2D eigenvalue weighted by molar-refractivity contribution is 5.84. The predicted molar refractivity (Wildman–Crippen MR) is 114 cm³/mol. The van der Waals surface area contributed by atoms with Crippen molar-refractivity contribution in [2.24, 2.45) is 0 Å². The minimum absolute atomic E-state index is 0.0730. The van der Waals surface area contributed by atoms with Crippen LogP contribution in [-0.2, 0) is 0 Å². The molecule has 0 fully saturated rings. The van der Waals surface area contributed by atoms with E-state index in [1.54, 1.807) is 37.7 Å². The lowest BCUT2D eigenvalue weighted by Crippen LogP contribution is -2.11. The van der Waals surface area contributed by atoms with Crippen LogP contribution in [0.1, 0.15) is 0 Å². The van der Waals surface area contributed by atoms with Crippen molar-refractivity contribution >= 4 is 5.69 Å². The molecule has 0 aliphatic carbocycles. The number of hydrogen-bond donors (Lipinski definition) is 1. The van der Waals surface area contributed by atoms with Crippen LogP contribution in [0, 0.1) is 10.1 Å². The lowest BCUT2D eigenvalue weighted by Gasteiger charge is -2.13. The summed E-state index contributed by atoms with van der Waals surface area (Å²) < 4.78 is 5.24. The molecular formula is C23H17N3O4. The zero-order chi connectivity index (χ0) is 21.1. The number of nitrogens with one attached hydrogen (secondary N) is 1. The number of hydrogen-bond acceptors (Lipinski definition) is 5. The molecular weight excluding hydrogens is 382 g/mol. The van der Waals surface area contributed by atoms with Gasteiger partial charge in [-0.2, -0.15) is 0 Å². The van der Waals surface area contributed by atoms with E-state index in [1.807, 2.05) is 36.4 Å². The third-order valence-corrected chi connectivity index (χ3v) is 4.78. The molecule has 30 heavy (non-hydrogen) atoms. The fraction of sp³-hybridized carbons (Fsp3) is 0.0435. The fourth-order valence-corrected chi connectivity index (χ4v) is 3.28. The van der Waals surface area contributed by atoms with E-state index < -0.39 is 4.92 Å². The summed E-state index contributed by atoms with van der Waals surface area (Å²) >= 11 is 0. The van der Waals surface area contributed by atoms with Crippen molar-refractivity contribution in [2.45, 2.75) is 0 Å². The first kappa shape index (κ1) is 19.1. The quantitative estimate of drug-likeness (QED) is 0.388. The minimum atomic E-state index is -0.479. The van der Waals surface area contributed by atoms with Crippen molar-refractivity contribution in [2.75, 3.05) is 7.11 Å². The Hall–Kier alpha value is -4.26. The molecule has 2 heterocycles. The Morgan fingerprint density at radius 3 is 2.30 bits per heavy atom. The zero-order valence-corrected chi connectivity index (χ0v) is 16.0. The van der Waals surface area contributed by atoms with E-state index >= 15 is 0 Å². The Morgan fingerprint density at radius 2 is 1.63 bits per heavy atom. The van der Waals surface area contributed by atoms with Crippen molar-refractivity contribution < 1.29 is 9.66 Å². The standard InChI is InChI=1S/C23H17N3O4/c1-30-19-7-5-15(6-8-19)20-14-21(17-3-2-4-18(13-17)26(28)29)23(27)25-22(20)16-9-11-24-12-10-16/h2-14H,1H3,(H,25,27). The van der Waals surface area contributed by atoms with Crippen molar-refractivity contribution in [3.05, 3.63) is 99.6 Å². The molecule has 148 valence electrons. The van der Waals surface area contributed by atoms with Gasteiger partial charge in [-0.1, -0.05) is 24.3 Å². The second-order valence-corrected chi connectivity index (χ2v) is 6.57. The van der Waals surface area contributed by atoms with E-state index in [0.717, 1.165) is 16.7 Å². The van der Waals surface area contributed by atoms with Gasteiger partial charge < -0.3 is 9.72 Å². The molecule has 4 aromatic rings. The van der Waals surface area contributed by atoms with Crippen LogP contribution in [0.5, 0.6) is 5.75 Å². The Morgan fingerprint density at radius 1 is 0.900 bits per heavy atom. The minimum Gasteiger partial charge on any atom is -0.497 e. The molecule has 0 amide bonds. The van der Waals surface area contributed by atoms with E-state index in [2.05, 4.69) is 9.97 Å². The second kappa shape index (κ2) is 8.00. The van der Waals surface area contributed by atoms with Crippen molar-refractivity contribution in [3.8, 4) is 39.3 Å². The number of pyridine rings is 2. The van der Waals surface area contributed by atoms with Gasteiger partial charge in [0.2, 0.25) is 0 Å². The highest BCUT2D eigenvalue weighted by atomic mass is 16.6. The van der Waals surface area contributed by atoms with E-state index in [1.165, 1.54) is 12.1 Å². The van der Waals surface area contributed by atoms with Gasteiger partial charge in [0, 0.05) is 41.2 Å². The van der Waals surface area contributed by atoms with Gasteiger partial charge in [-0.3, -0.25) is 19.9 Å². The molecule has 0 bridgehead atoms. The number of aromatic amines is 1. The number of methoxy groups -OCH3 is 1. The first-order valence-corrected chi connectivity index (χ1v) is 9.14. The maximum Gasteiger partial charge on any atom is 0.270 e. The normalized spacial score (nSPS) is 10.6. The number of benzene rings is 2. The van der Waals surface area contributed by atoms with Crippen molar-refractivity contribution in [1.82, 2.24) is 9.97 Å². The molecule has 0 saturated carbocycles. The maximum atomic E-state index is 12.9. The van der Waals surface area contributed by atoms with Gasteiger partial charge in [-0.05, 0) is 41.5 Å². The van der Waals surface area contributed by atoms with Crippen LogP contribution in [0.4, 0.5) is 5.69 Å². The Bertz CT molecular complexity index is 1270. The van der Waals surface area contributed by atoms with Crippen LogP contribution >= 0.6 is 0 Å². The molecule has 7 nitrogen and oxygen atoms in total. The van der Waals surface area contributed by atoms with Crippen LogP contribution in [0.15, 0.2) is 83.9 Å². The van der Waals surface area contributed by atoms with E-state index in [9.17, 15) is 14.9 Å². The summed E-state index contributed by atoms with van der Waals surface area (Å²) in [5, 5.41) is 11.2. The van der Waals surface area contributed by atoms with Gasteiger partial charge in [-0.25, -0.2) is 0 Å². The first-order valence-electron chi connectivity index (χ1n) is 9.14. The molecule has 1 N–H and O–H groups in total. The molecule has 0 unspecified atom stereocenters. The molecule has 0 saturated heterocycles. The van der Waals surface area contributed by atoms with Gasteiger partial charge in [0.1, 0.15) is 5.75 Å². The third kappa shape index (κ3) is 3.68. The number of H-pyrrole nitrogens is 1. The summed E-state index contributed by atoms with van der Waals surface area (Å²) in [6.45, 7) is 0. The zero-order valence-electron chi connectivity index (χ0n) is 16.0. The molecule has 4 rings (SSSR count). The van der Waals surface area contributed by atoms with Crippen molar-refractivity contribution in [1.29, 1.82) is 0 Å². The first-order chi connectivity index (χ1) is 14.6. The molecule has 0 radical (unpaired) electrons. The highest BCUT2D eigenvalue weighted by Gasteiger charge is 2.15. The van der Waals surface area contributed by atoms with Gasteiger partial charge in [-0.15, -0.1) is 0 Å². The van der Waals surface area contributed by atoms with E-state index in [-0.39, 0.29) is 11.2 Å². The summed E-state index contributed by atoms with van der Waals surface area (Å²) in [6, 6.07) is 18.9. The third-order valence-electron chi connectivity index (χ3n) is 4.78. The number of ether oxygens (including phenoxy) is 1. The number of non-ortho nitro benzene ring substituents is 1. The summed E-state index contributed by atoms with van der Waals surface area (Å²) in [5.41, 5.74) is 3.51. The highest BCUT2D eigenvalue weighted by Crippen LogP contribution is 2.33. The number of aromatic nitrogens is 2. The summed E-state index contributed by atoms with van der Waals surface area (Å²) in [5.74, 6) is 0.715. The monoisotopic (exact) mass is 399 g/mol. The van der Waals surface area contributed by atoms with Gasteiger partial charge in [0.25, 0.3) is 11.2 Å². The summed E-state index contributed by atoms with van der Waals surface area (Å²) in [6.07, 6.45) is 3.31. The van der Waals surface area contributed by atoms with Crippen LogP contribution < -0.4 is 10.3 Å². The number of rotatable bonds is 5. The van der Waals surface area contributed by atoms with E-state index in [4.69, 9.17) is 4.74 Å². The molecule has 0 spiro atoms. The summed E-state index contributed by atoms with van der Waals surface area (Å²) in [4.78, 5) is 30.6. The molecule has 0 aliphatic rings. The maximum absolute atomic E-state index is 12.9. The second-order valence-electron chi connectivity index (χ2n) is 6.57. The van der Waals surface area contributed by atoms with Crippen LogP contribution in [0.25, 0.3) is 33.5 Å². The molecule has 0 atom stereocenters. The average Bonchev–Trinajstić information content (AvgIpc) is 2.79. The van der Waals surface area contributed by atoms with Gasteiger partial charge in [0.05, 0.1) is 17.7 Å². The number of nitro groups is 1. The lowest BCUT2D eigenvalue weighted by molar-refractivity contribution is -0.384. The number of nitro benzene ring substituents is 1. The fourth-order valence-electron chi connectivity index (χ4n) is 3.28. The Balaban J connectivity index is 1.95. The molecule has 0 aliphatic heterocycles. The smallest absolute Gasteiger partial charge is 0.270 e. The largest absolute Gasteiger partial charge is 0.497 e. The molecule has 2 aromatic heterocycles. The average molecular weight is 399 g/mol. The predicted octanol–water partition coefficient (Wildman–Crippen LogP) is 4.69. The van der Waals surface area contributed by atoms with Gasteiger partial charge >= 0.3 is 0 Å². The SMILES string of the molecule is COc1ccc(-c2cc(-c3cccc([N+](=O)[O-])c3)c(=O)[nH]c2-c2ccncc2)cc1. The number of nitrogens with zero attached hydrogens (tertiary/aromatic N) is 2. The Kier molecular flexibility index (Phi) is 5.09. The Labute approximate surface area is 171 Å². The topological polar surface area (TPSA) is 98.1 Å². The van der Waals surface area contributed by atoms with E-state index in [0.29, 0.717) is 22.6 Å². The van der Waals surface area contributed by atoms with Crippen LogP contribution in [0.2, 0.25) is 0 Å². The van der Waals surface area contributed by atoms with Crippen LogP contribution in [-0.4, -0.2) is 22.0 Å². The molecule has 2 aromatic carbocycles. The van der Waals surface area contributed by atoms with Crippen LogP contribution in [0.3, 0.4) is 0 Å². The molecule has 7 heteroatoms. The van der Waals surface area contributed by atoms with Crippen molar-refractivity contribution in [3.63, 3.8) is 0 Å². The van der Waals surface area contributed by atoms with Gasteiger partial charge in [0.15, 0.2) is 0 Å². The lowest BCUT2D eigenvalue weighted by atomic mass is 9.96.